The van der Waals surface area contributed by atoms with Gasteiger partial charge < -0.3 is 13.5 Å². The van der Waals surface area contributed by atoms with Gasteiger partial charge in [-0.15, -0.1) is 0 Å². The second-order valence-electron chi connectivity index (χ2n) is 4.85. The number of carbonyl (C=O) groups excluding carboxylic acids is 1. The van der Waals surface area contributed by atoms with Gasteiger partial charge in [-0.1, -0.05) is 29.8 Å². The number of alkyl halides is 1. The first-order valence-electron chi connectivity index (χ1n) is 6.93. The van der Waals surface area contributed by atoms with Crippen LogP contribution >= 0.6 is 23.5 Å². The monoisotopic (exact) mass is 379 g/mol. The SMILES string of the molecule is CCOP(=O)(OCC)c1c[c]c(C(=O)C(Br)CC(C)C)o1. The Kier molecular flexibility index (Phi) is 7.34. The van der Waals surface area contributed by atoms with Crippen LogP contribution in [0.3, 0.4) is 0 Å². The van der Waals surface area contributed by atoms with Gasteiger partial charge in [0.1, 0.15) is 0 Å². The van der Waals surface area contributed by atoms with Gasteiger partial charge in [-0.3, -0.25) is 9.36 Å². The number of furan rings is 1. The van der Waals surface area contributed by atoms with E-state index in [0.717, 1.165) is 0 Å². The quantitative estimate of drug-likeness (QED) is 0.369. The maximum absolute atomic E-state index is 12.5. The second kappa shape index (κ2) is 8.28. The lowest BCUT2D eigenvalue weighted by Gasteiger charge is -2.14. The molecule has 1 unspecified atom stereocenters. The average molecular weight is 380 g/mol. The van der Waals surface area contributed by atoms with Crippen LogP contribution in [0.1, 0.15) is 44.7 Å². The minimum absolute atomic E-state index is 0.0128. The van der Waals surface area contributed by atoms with Gasteiger partial charge in [0.25, 0.3) is 0 Å². The van der Waals surface area contributed by atoms with Crippen LogP contribution in [0.5, 0.6) is 0 Å². The van der Waals surface area contributed by atoms with Gasteiger partial charge in [-0.25, -0.2) is 0 Å². The third-order valence-corrected chi connectivity index (χ3v) is 5.33. The Labute approximate surface area is 134 Å². The molecule has 1 rings (SSSR count). The molecule has 7 heteroatoms. The maximum atomic E-state index is 12.5. The smallest absolute Gasteiger partial charge is 0.396 e. The minimum Gasteiger partial charge on any atom is -0.444 e. The molecule has 21 heavy (non-hydrogen) atoms. The van der Waals surface area contributed by atoms with E-state index in [0.29, 0.717) is 12.3 Å². The third-order valence-electron chi connectivity index (χ3n) is 2.59. The van der Waals surface area contributed by atoms with Crippen molar-refractivity contribution in [2.75, 3.05) is 13.2 Å². The van der Waals surface area contributed by atoms with Gasteiger partial charge in [0.15, 0.2) is 5.76 Å². The van der Waals surface area contributed by atoms with E-state index in [4.69, 9.17) is 13.5 Å². The van der Waals surface area contributed by atoms with Gasteiger partial charge in [0, 0.05) is 12.1 Å². The molecule has 0 aliphatic heterocycles. The predicted octanol–water partition coefficient (Wildman–Crippen LogP) is 3.96. The van der Waals surface area contributed by atoms with Gasteiger partial charge in [-0.05, 0) is 26.2 Å². The van der Waals surface area contributed by atoms with Crippen molar-refractivity contribution in [2.45, 2.75) is 38.9 Å². The molecule has 0 bridgehead atoms. The number of Topliss-reactive ketones (excluding diaryl/α,β-unsaturated/α-hetero) is 1. The molecule has 1 heterocycles. The van der Waals surface area contributed by atoms with Crippen LogP contribution in [0, 0.1) is 12.0 Å². The third kappa shape index (κ3) is 5.06. The van der Waals surface area contributed by atoms with Crippen LogP contribution in [0.4, 0.5) is 0 Å². The molecule has 1 aromatic heterocycles. The maximum Gasteiger partial charge on any atom is 0.396 e. The molecule has 1 aromatic rings. The lowest BCUT2D eigenvalue weighted by molar-refractivity contribution is 0.0958. The number of halogens is 1. The van der Waals surface area contributed by atoms with Crippen LogP contribution in [0.2, 0.25) is 0 Å². The first-order valence-corrected chi connectivity index (χ1v) is 9.39. The molecule has 0 aliphatic rings. The van der Waals surface area contributed by atoms with Crippen molar-refractivity contribution in [1.29, 1.82) is 0 Å². The summed E-state index contributed by atoms with van der Waals surface area (Å²) < 4.78 is 28.2. The molecule has 0 amide bonds. The predicted molar refractivity (Wildman–Crippen MR) is 84.5 cm³/mol. The molecule has 0 saturated heterocycles. The van der Waals surface area contributed by atoms with Gasteiger partial charge in [-0.2, -0.15) is 0 Å². The first kappa shape index (κ1) is 18.6. The Hall–Kier alpha value is -0.420. The fraction of sp³-hybridized carbons (Fsp3) is 0.643. The zero-order valence-corrected chi connectivity index (χ0v) is 15.2. The second-order valence-corrected chi connectivity index (χ2v) is 7.91. The Morgan fingerprint density at radius 1 is 1.38 bits per heavy atom. The summed E-state index contributed by atoms with van der Waals surface area (Å²) in [7, 11) is -3.51. The van der Waals surface area contributed by atoms with Crippen LogP contribution in [-0.2, 0) is 13.6 Å². The van der Waals surface area contributed by atoms with Crippen LogP contribution in [0.15, 0.2) is 10.5 Å². The highest BCUT2D eigenvalue weighted by atomic mass is 79.9. The lowest BCUT2D eigenvalue weighted by atomic mass is 10.0. The zero-order valence-electron chi connectivity index (χ0n) is 12.7. The molecular weight excluding hydrogens is 359 g/mol. The summed E-state index contributed by atoms with van der Waals surface area (Å²) in [4.78, 5) is 11.8. The summed E-state index contributed by atoms with van der Waals surface area (Å²) in [6.45, 7) is 7.91. The van der Waals surface area contributed by atoms with Crippen molar-refractivity contribution in [3.05, 3.63) is 17.9 Å². The number of rotatable bonds is 9. The summed E-state index contributed by atoms with van der Waals surface area (Å²) in [5.74, 6) is 0.173. The summed E-state index contributed by atoms with van der Waals surface area (Å²) in [6, 6.07) is 4.06. The highest BCUT2D eigenvalue weighted by molar-refractivity contribution is 9.10. The van der Waals surface area contributed by atoms with Crippen molar-refractivity contribution >= 4 is 34.8 Å². The molecule has 0 N–H and O–H groups in total. The van der Waals surface area contributed by atoms with E-state index in [-0.39, 0.29) is 35.1 Å². The highest BCUT2D eigenvalue weighted by Gasteiger charge is 2.32. The van der Waals surface area contributed by atoms with E-state index in [1.165, 1.54) is 6.07 Å². The number of hydrogen-bond donors (Lipinski definition) is 0. The number of carbonyl (C=O) groups is 1. The molecule has 0 fully saturated rings. The van der Waals surface area contributed by atoms with Crippen LogP contribution in [0.25, 0.3) is 0 Å². The first-order chi connectivity index (χ1) is 9.84. The van der Waals surface area contributed by atoms with E-state index in [9.17, 15) is 9.36 Å². The van der Waals surface area contributed by atoms with E-state index in [1.54, 1.807) is 13.8 Å². The normalized spacial score (nSPS) is 13.6. The molecule has 0 aliphatic carbocycles. The summed E-state index contributed by atoms with van der Waals surface area (Å²) in [5.41, 5.74) is 0.0128. The topological polar surface area (TPSA) is 65.7 Å². The van der Waals surface area contributed by atoms with Crippen molar-refractivity contribution < 1.29 is 22.8 Å². The number of hydrogen-bond acceptors (Lipinski definition) is 5. The van der Waals surface area contributed by atoms with Crippen LogP contribution < -0.4 is 5.50 Å². The summed E-state index contributed by atoms with van der Waals surface area (Å²) in [6.07, 6.45) is 0.678. The summed E-state index contributed by atoms with van der Waals surface area (Å²) >= 11 is 3.34. The van der Waals surface area contributed by atoms with Crippen LogP contribution in [-0.4, -0.2) is 23.8 Å². The van der Waals surface area contributed by atoms with Gasteiger partial charge >= 0.3 is 7.60 Å². The van der Waals surface area contributed by atoms with E-state index in [2.05, 4.69) is 22.0 Å². The fourth-order valence-electron chi connectivity index (χ4n) is 1.71. The lowest BCUT2D eigenvalue weighted by Crippen LogP contribution is -2.16. The zero-order chi connectivity index (χ0) is 16.0. The van der Waals surface area contributed by atoms with Gasteiger partial charge in [0.05, 0.1) is 18.0 Å². The standard InChI is InChI=1S/C14H21BrO5P/c1-5-18-21(17,19-6-2)13-8-7-12(20-13)14(16)11(15)9-10(3)4/h8,10-11H,5-6,9H2,1-4H3. The van der Waals surface area contributed by atoms with Crippen molar-refractivity contribution in [3.63, 3.8) is 0 Å². The number of ketones is 1. The molecule has 119 valence electrons. The van der Waals surface area contributed by atoms with Crippen molar-refractivity contribution in [2.24, 2.45) is 5.92 Å². The van der Waals surface area contributed by atoms with Crippen molar-refractivity contribution in [1.82, 2.24) is 0 Å². The molecule has 1 radical (unpaired) electrons. The average Bonchev–Trinajstić information content (AvgIpc) is 2.87. The Bertz CT molecular complexity index is 501. The van der Waals surface area contributed by atoms with Crippen molar-refractivity contribution in [3.8, 4) is 0 Å². The minimum atomic E-state index is -3.51. The fourth-order valence-corrected chi connectivity index (χ4v) is 4.10. The molecule has 0 spiro atoms. The van der Waals surface area contributed by atoms with E-state index in [1.807, 2.05) is 13.8 Å². The summed E-state index contributed by atoms with van der Waals surface area (Å²) in [5, 5.41) is 0. The molecular formula is C14H21BrO5P. The molecule has 0 saturated carbocycles. The molecule has 0 aromatic carbocycles. The molecule has 5 nitrogen and oxygen atoms in total. The van der Waals surface area contributed by atoms with Gasteiger partial charge in [0.2, 0.25) is 11.3 Å². The van der Waals surface area contributed by atoms with E-state index >= 15 is 0 Å². The Morgan fingerprint density at radius 2 is 1.95 bits per heavy atom. The Balaban J connectivity index is 2.93. The highest BCUT2D eigenvalue weighted by Crippen LogP contribution is 2.47. The Morgan fingerprint density at radius 3 is 2.43 bits per heavy atom. The molecule has 1 atom stereocenters. The largest absolute Gasteiger partial charge is 0.444 e. The van der Waals surface area contributed by atoms with E-state index < -0.39 is 7.60 Å².